The maximum atomic E-state index is 8.92. The van der Waals surface area contributed by atoms with Gasteiger partial charge in [-0.3, -0.25) is 0 Å². The number of nitrogens with one attached hydrogen (secondary N) is 1. The second kappa shape index (κ2) is 5.89. The molecular weight excluding hydrogens is 254 g/mol. The van der Waals surface area contributed by atoms with Gasteiger partial charge in [-0.25, -0.2) is 9.97 Å². The quantitative estimate of drug-likeness (QED) is 0.400. The first-order chi connectivity index (χ1) is 9.11. The highest BCUT2D eigenvalue weighted by atomic mass is 16.5. The third-order valence-electron chi connectivity index (χ3n) is 2.63. The Kier molecular flexibility index (Phi) is 4.22. The van der Waals surface area contributed by atoms with Gasteiger partial charge in [0, 0.05) is 0 Å². The maximum Gasteiger partial charge on any atom is 0.222 e. The van der Waals surface area contributed by atoms with Crippen LogP contribution in [0.15, 0.2) is 12.5 Å². The van der Waals surface area contributed by atoms with E-state index in [4.69, 9.17) is 25.8 Å². The number of fused-ring (bicyclic) bond motifs is 1. The van der Waals surface area contributed by atoms with Gasteiger partial charge in [0.05, 0.1) is 25.7 Å². The van der Waals surface area contributed by atoms with Crippen LogP contribution in [0.25, 0.3) is 11.2 Å². The van der Waals surface area contributed by atoms with E-state index < -0.39 is 18.3 Å². The predicted octanol–water partition coefficient (Wildman–Crippen LogP) is -1.97. The van der Waals surface area contributed by atoms with Crippen molar-refractivity contribution < 1.29 is 20.1 Å². The van der Waals surface area contributed by atoms with Crippen LogP contribution in [0, 0.1) is 0 Å². The van der Waals surface area contributed by atoms with Crippen LogP contribution in [0.4, 0.5) is 5.95 Å². The summed E-state index contributed by atoms with van der Waals surface area (Å²) in [6.07, 6.45) is 0.806. The molecule has 0 aromatic carbocycles. The number of rotatable bonds is 1. The highest BCUT2D eigenvalue weighted by molar-refractivity contribution is 5.69. The molecule has 0 aliphatic carbocycles. The molecule has 104 valence electrons. The SMILES string of the molecule is Nc1ncc2[nH]cnc2n1.OC[C@H]1OC[C@H](O)[C@@H]1O. The molecule has 2 aromatic rings. The van der Waals surface area contributed by atoms with Crippen LogP contribution in [0.1, 0.15) is 0 Å². The lowest BCUT2D eigenvalue weighted by Gasteiger charge is -2.10. The molecule has 1 fully saturated rings. The minimum atomic E-state index is -0.921. The van der Waals surface area contributed by atoms with E-state index in [1.54, 1.807) is 12.5 Å². The van der Waals surface area contributed by atoms with Crippen molar-refractivity contribution >= 4 is 17.1 Å². The van der Waals surface area contributed by atoms with Gasteiger partial charge in [-0.05, 0) is 0 Å². The van der Waals surface area contributed by atoms with Gasteiger partial charge in [-0.2, -0.15) is 4.98 Å². The monoisotopic (exact) mass is 269 g/mol. The molecular formula is C10H15N5O4. The lowest BCUT2D eigenvalue weighted by atomic mass is 10.2. The van der Waals surface area contributed by atoms with E-state index in [0.29, 0.717) is 5.65 Å². The fourth-order valence-electron chi connectivity index (χ4n) is 1.58. The molecule has 0 radical (unpaired) electrons. The number of anilines is 1. The lowest BCUT2D eigenvalue weighted by Crippen LogP contribution is -2.31. The summed E-state index contributed by atoms with van der Waals surface area (Å²) in [4.78, 5) is 14.4. The van der Waals surface area contributed by atoms with Gasteiger partial charge in [-0.1, -0.05) is 0 Å². The Bertz CT molecular complexity index is 533. The van der Waals surface area contributed by atoms with Gasteiger partial charge in [0.2, 0.25) is 5.95 Å². The fraction of sp³-hybridized carbons (Fsp3) is 0.500. The highest BCUT2D eigenvalue weighted by Gasteiger charge is 2.33. The zero-order valence-corrected chi connectivity index (χ0v) is 9.97. The van der Waals surface area contributed by atoms with E-state index in [9.17, 15) is 0 Å². The third kappa shape index (κ3) is 3.15. The molecule has 19 heavy (non-hydrogen) atoms. The summed E-state index contributed by atoms with van der Waals surface area (Å²) in [5, 5.41) is 26.2. The van der Waals surface area contributed by atoms with Crippen LogP contribution in [0.2, 0.25) is 0 Å². The molecule has 0 amide bonds. The second-order valence-corrected chi connectivity index (χ2v) is 3.98. The maximum absolute atomic E-state index is 8.92. The van der Waals surface area contributed by atoms with Crippen molar-refractivity contribution in [2.24, 2.45) is 0 Å². The summed E-state index contributed by atoms with van der Waals surface area (Å²) >= 11 is 0. The summed E-state index contributed by atoms with van der Waals surface area (Å²) in [5.74, 6) is 0.250. The number of hydrogen-bond acceptors (Lipinski definition) is 8. The van der Waals surface area contributed by atoms with Gasteiger partial charge >= 0.3 is 0 Å². The number of ether oxygens (including phenoxy) is 1. The predicted molar refractivity (Wildman–Crippen MR) is 64.9 cm³/mol. The largest absolute Gasteiger partial charge is 0.394 e. The summed E-state index contributed by atoms with van der Waals surface area (Å²) in [6, 6.07) is 0. The molecule has 3 rings (SSSR count). The number of aliphatic hydroxyl groups is 3. The molecule has 0 bridgehead atoms. The minimum absolute atomic E-state index is 0.117. The number of nitrogen functional groups attached to an aromatic ring is 1. The number of aliphatic hydroxyl groups excluding tert-OH is 3. The number of nitrogens with zero attached hydrogens (tertiary/aromatic N) is 3. The van der Waals surface area contributed by atoms with Crippen molar-refractivity contribution in [3.8, 4) is 0 Å². The van der Waals surface area contributed by atoms with E-state index in [1.165, 1.54) is 0 Å². The van der Waals surface area contributed by atoms with Gasteiger partial charge in [0.25, 0.3) is 0 Å². The molecule has 1 aliphatic heterocycles. The molecule has 1 saturated heterocycles. The van der Waals surface area contributed by atoms with E-state index in [-0.39, 0.29) is 19.2 Å². The van der Waals surface area contributed by atoms with Crippen LogP contribution in [-0.4, -0.2) is 66.8 Å². The number of imidazole rings is 1. The van der Waals surface area contributed by atoms with Crippen LogP contribution in [-0.2, 0) is 4.74 Å². The van der Waals surface area contributed by atoms with Gasteiger partial charge < -0.3 is 30.8 Å². The Morgan fingerprint density at radius 3 is 2.79 bits per heavy atom. The summed E-state index contributed by atoms with van der Waals surface area (Å²) in [6.45, 7) is -0.120. The van der Waals surface area contributed by atoms with Gasteiger partial charge in [-0.15, -0.1) is 0 Å². The first-order valence-corrected chi connectivity index (χ1v) is 5.62. The Balaban J connectivity index is 0.000000141. The van der Waals surface area contributed by atoms with Gasteiger partial charge in [0.15, 0.2) is 5.65 Å². The Labute approximate surface area is 108 Å². The first-order valence-electron chi connectivity index (χ1n) is 5.62. The molecule has 3 atom stereocenters. The minimum Gasteiger partial charge on any atom is -0.394 e. The smallest absolute Gasteiger partial charge is 0.222 e. The second-order valence-electron chi connectivity index (χ2n) is 3.98. The van der Waals surface area contributed by atoms with E-state index in [1.807, 2.05) is 0 Å². The molecule has 2 aromatic heterocycles. The van der Waals surface area contributed by atoms with Crippen molar-refractivity contribution in [2.45, 2.75) is 18.3 Å². The average Bonchev–Trinajstić information content (AvgIpc) is 2.98. The molecule has 0 unspecified atom stereocenters. The average molecular weight is 269 g/mol. The summed E-state index contributed by atoms with van der Waals surface area (Å²) in [7, 11) is 0. The van der Waals surface area contributed by atoms with Crippen LogP contribution in [0.5, 0.6) is 0 Å². The van der Waals surface area contributed by atoms with E-state index in [2.05, 4.69) is 19.9 Å². The van der Waals surface area contributed by atoms with Crippen molar-refractivity contribution in [3.05, 3.63) is 12.5 Å². The topological polar surface area (TPSA) is 150 Å². The van der Waals surface area contributed by atoms with Crippen LogP contribution >= 0.6 is 0 Å². The summed E-state index contributed by atoms with van der Waals surface area (Å²) in [5.41, 5.74) is 6.71. The lowest BCUT2D eigenvalue weighted by molar-refractivity contribution is -0.00588. The normalized spacial score (nSPS) is 26.2. The Hall–Kier alpha value is -1.81. The highest BCUT2D eigenvalue weighted by Crippen LogP contribution is 2.12. The molecule has 9 heteroatoms. The number of H-pyrrole nitrogens is 1. The Morgan fingerprint density at radius 2 is 2.21 bits per heavy atom. The van der Waals surface area contributed by atoms with Gasteiger partial charge in [0.1, 0.15) is 23.8 Å². The van der Waals surface area contributed by atoms with Crippen molar-refractivity contribution in [1.82, 2.24) is 19.9 Å². The van der Waals surface area contributed by atoms with E-state index in [0.717, 1.165) is 5.52 Å². The zero-order chi connectivity index (χ0) is 13.8. The molecule has 0 spiro atoms. The number of aromatic nitrogens is 4. The van der Waals surface area contributed by atoms with Crippen molar-refractivity contribution in [3.63, 3.8) is 0 Å². The van der Waals surface area contributed by atoms with Crippen molar-refractivity contribution in [2.75, 3.05) is 18.9 Å². The number of hydrogen-bond donors (Lipinski definition) is 5. The molecule has 9 nitrogen and oxygen atoms in total. The standard InChI is InChI=1S/C5H5N5.C5H10O4/c6-5-7-1-3-4(10-5)9-2-8-3;6-1-4-5(8)3(7)2-9-4/h1-2H,(H3,6,7,8,9,10);3-8H,1-2H2/t;3-,4+,5-/m.0/s1. The van der Waals surface area contributed by atoms with E-state index >= 15 is 0 Å². The van der Waals surface area contributed by atoms with Crippen molar-refractivity contribution in [1.29, 1.82) is 0 Å². The number of aromatic amines is 1. The summed E-state index contributed by atoms with van der Waals surface area (Å²) < 4.78 is 4.78. The third-order valence-corrected chi connectivity index (χ3v) is 2.63. The fourth-order valence-corrected chi connectivity index (χ4v) is 1.58. The Morgan fingerprint density at radius 1 is 1.42 bits per heavy atom. The molecule has 3 heterocycles. The first kappa shape index (κ1) is 13.6. The number of nitrogens with two attached hydrogens (primary N) is 1. The molecule has 1 aliphatic rings. The van der Waals surface area contributed by atoms with Crippen LogP contribution in [0.3, 0.4) is 0 Å². The zero-order valence-electron chi connectivity index (χ0n) is 9.97. The molecule has 6 N–H and O–H groups in total. The van der Waals surface area contributed by atoms with Crippen LogP contribution < -0.4 is 5.73 Å². The molecule has 0 saturated carbocycles.